The van der Waals surface area contributed by atoms with E-state index in [1.54, 1.807) is 0 Å². The lowest BCUT2D eigenvalue weighted by Gasteiger charge is -2.10. The number of rotatable bonds is 18. The highest BCUT2D eigenvalue weighted by molar-refractivity contribution is 4.57. The van der Waals surface area contributed by atoms with Crippen molar-refractivity contribution in [1.29, 1.82) is 0 Å². The Hall–Kier alpha value is -0.0400. The van der Waals surface area contributed by atoms with E-state index in [-0.39, 0.29) is 6.10 Å². The van der Waals surface area contributed by atoms with Gasteiger partial charge in [-0.3, -0.25) is 0 Å². The molecular formula is C21H44O. The SMILES string of the molecule is CCCCCCCCCCC(O)CCCCCCCCCC. The van der Waals surface area contributed by atoms with Crippen molar-refractivity contribution in [3.8, 4) is 0 Å². The molecule has 22 heavy (non-hydrogen) atoms. The van der Waals surface area contributed by atoms with Gasteiger partial charge in [0.2, 0.25) is 0 Å². The molecule has 0 rings (SSSR count). The molecule has 0 aliphatic heterocycles. The van der Waals surface area contributed by atoms with Gasteiger partial charge in [-0.25, -0.2) is 0 Å². The predicted molar refractivity (Wildman–Crippen MR) is 100 cm³/mol. The summed E-state index contributed by atoms with van der Waals surface area (Å²) in [5, 5.41) is 9.99. The van der Waals surface area contributed by atoms with Crippen LogP contribution >= 0.6 is 0 Å². The largest absolute Gasteiger partial charge is 0.393 e. The molecule has 0 aliphatic rings. The molecule has 0 fully saturated rings. The van der Waals surface area contributed by atoms with Crippen LogP contribution in [-0.2, 0) is 0 Å². The van der Waals surface area contributed by atoms with Crippen molar-refractivity contribution < 1.29 is 5.11 Å². The maximum absolute atomic E-state index is 9.99. The van der Waals surface area contributed by atoms with E-state index >= 15 is 0 Å². The molecule has 0 aromatic carbocycles. The first-order chi connectivity index (χ1) is 10.8. The summed E-state index contributed by atoms with van der Waals surface area (Å²) in [5.74, 6) is 0. The van der Waals surface area contributed by atoms with Crippen molar-refractivity contribution >= 4 is 0 Å². The van der Waals surface area contributed by atoms with E-state index in [9.17, 15) is 5.11 Å². The summed E-state index contributed by atoms with van der Waals surface area (Å²) in [6, 6.07) is 0. The maximum Gasteiger partial charge on any atom is 0.0540 e. The summed E-state index contributed by atoms with van der Waals surface area (Å²) >= 11 is 0. The van der Waals surface area contributed by atoms with Crippen molar-refractivity contribution in [2.24, 2.45) is 0 Å². The lowest BCUT2D eigenvalue weighted by Crippen LogP contribution is -2.05. The van der Waals surface area contributed by atoms with E-state index < -0.39 is 0 Å². The van der Waals surface area contributed by atoms with Crippen LogP contribution in [0.5, 0.6) is 0 Å². The van der Waals surface area contributed by atoms with E-state index in [2.05, 4.69) is 13.8 Å². The number of hydrogen-bond donors (Lipinski definition) is 1. The monoisotopic (exact) mass is 312 g/mol. The van der Waals surface area contributed by atoms with Crippen LogP contribution in [0, 0.1) is 0 Å². The molecule has 0 bridgehead atoms. The van der Waals surface area contributed by atoms with Crippen molar-refractivity contribution in [1.82, 2.24) is 0 Å². The van der Waals surface area contributed by atoms with Crippen LogP contribution in [0.3, 0.4) is 0 Å². The summed E-state index contributed by atoms with van der Waals surface area (Å²) in [7, 11) is 0. The number of aliphatic hydroxyl groups excluding tert-OH is 1. The molecule has 1 N–H and O–H groups in total. The van der Waals surface area contributed by atoms with Crippen LogP contribution in [0.2, 0.25) is 0 Å². The fourth-order valence-electron chi connectivity index (χ4n) is 3.17. The first-order valence-electron chi connectivity index (χ1n) is 10.5. The van der Waals surface area contributed by atoms with Gasteiger partial charge in [-0.1, -0.05) is 117 Å². The first kappa shape index (κ1) is 22.0. The van der Waals surface area contributed by atoms with Crippen LogP contribution < -0.4 is 0 Å². The van der Waals surface area contributed by atoms with Gasteiger partial charge >= 0.3 is 0 Å². The first-order valence-corrected chi connectivity index (χ1v) is 10.5. The molecule has 0 atom stereocenters. The zero-order chi connectivity index (χ0) is 16.3. The van der Waals surface area contributed by atoms with Gasteiger partial charge in [0.1, 0.15) is 0 Å². The highest BCUT2D eigenvalue weighted by Gasteiger charge is 2.03. The van der Waals surface area contributed by atoms with E-state index in [1.807, 2.05) is 0 Å². The molecule has 0 heterocycles. The highest BCUT2D eigenvalue weighted by atomic mass is 16.3. The van der Waals surface area contributed by atoms with Crippen LogP contribution in [-0.4, -0.2) is 11.2 Å². The quantitative estimate of drug-likeness (QED) is 0.261. The van der Waals surface area contributed by atoms with Crippen molar-refractivity contribution in [3.63, 3.8) is 0 Å². The van der Waals surface area contributed by atoms with Gasteiger partial charge in [0, 0.05) is 0 Å². The summed E-state index contributed by atoms with van der Waals surface area (Å²) < 4.78 is 0. The van der Waals surface area contributed by atoms with Crippen LogP contribution in [0.25, 0.3) is 0 Å². The van der Waals surface area contributed by atoms with Gasteiger partial charge in [0.15, 0.2) is 0 Å². The predicted octanol–water partition coefficient (Wildman–Crippen LogP) is 7.41. The molecule has 0 amide bonds. The van der Waals surface area contributed by atoms with Gasteiger partial charge in [-0.05, 0) is 12.8 Å². The molecule has 0 saturated heterocycles. The fraction of sp³-hybridized carbons (Fsp3) is 1.00. The number of unbranched alkanes of at least 4 members (excludes halogenated alkanes) is 14. The lowest BCUT2D eigenvalue weighted by atomic mass is 10.0. The maximum atomic E-state index is 9.99. The molecule has 1 nitrogen and oxygen atoms in total. The Kier molecular flexibility index (Phi) is 19.0. The molecule has 0 unspecified atom stereocenters. The normalized spacial score (nSPS) is 11.5. The number of aliphatic hydroxyl groups is 1. The molecule has 0 spiro atoms. The van der Waals surface area contributed by atoms with Gasteiger partial charge in [0.05, 0.1) is 6.10 Å². The second-order valence-electron chi connectivity index (χ2n) is 7.18. The minimum absolute atomic E-state index is 0.0276. The minimum Gasteiger partial charge on any atom is -0.393 e. The molecule has 0 saturated carbocycles. The average molecular weight is 313 g/mol. The van der Waals surface area contributed by atoms with Gasteiger partial charge in [-0.2, -0.15) is 0 Å². The van der Waals surface area contributed by atoms with Gasteiger partial charge in [0.25, 0.3) is 0 Å². The van der Waals surface area contributed by atoms with Crippen LogP contribution in [0.1, 0.15) is 129 Å². The average Bonchev–Trinajstić information content (AvgIpc) is 2.52. The third-order valence-electron chi connectivity index (χ3n) is 4.78. The Balaban J connectivity index is 3.11. The van der Waals surface area contributed by atoms with Gasteiger partial charge < -0.3 is 5.11 Å². The Bertz CT molecular complexity index is 170. The van der Waals surface area contributed by atoms with Gasteiger partial charge in [-0.15, -0.1) is 0 Å². The van der Waals surface area contributed by atoms with E-state index in [1.165, 1.54) is 103 Å². The summed E-state index contributed by atoms with van der Waals surface area (Å²) in [5.41, 5.74) is 0. The highest BCUT2D eigenvalue weighted by Crippen LogP contribution is 2.15. The molecule has 0 radical (unpaired) electrons. The van der Waals surface area contributed by atoms with Crippen molar-refractivity contribution in [2.45, 2.75) is 136 Å². The molecular weight excluding hydrogens is 268 g/mol. The van der Waals surface area contributed by atoms with Crippen LogP contribution in [0.15, 0.2) is 0 Å². The minimum atomic E-state index is -0.0276. The molecule has 0 aliphatic carbocycles. The lowest BCUT2D eigenvalue weighted by molar-refractivity contribution is 0.147. The number of hydrogen-bond acceptors (Lipinski definition) is 1. The Morgan fingerprint density at radius 2 is 0.727 bits per heavy atom. The Morgan fingerprint density at radius 1 is 0.455 bits per heavy atom. The van der Waals surface area contributed by atoms with Crippen LogP contribution in [0.4, 0.5) is 0 Å². The van der Waals surface area contributed by atoms with E-state index in [0.29, 0.717) is 0 Å². The van der Waals surface area contributed by atoms with E-state index in [4.69, 9.17) is 0 Å². The smallest absolute Gasteiger partial charge is 0.0540 e. The van der Waals surface area contributed by atoms with Crippen molar-refractivity contribution in [3.05, 3.63) is 0 Å². The van der Waals surface area contributed by atoms with Crippen molar-refractivity contribution in [2.75, 3.05) is 0 Å². The summed E-state index contributed by atoms with van der Waals surface area (Å²) in [6.45, 7) is 4.54. The third kappa shape index (κ3) is 18.0. The second-order valence-corrected chi connectivity index (χ2v) is 7.18. The zero-order valence-corrected chi connectivity index (χ0v) is 15.8. The van der Waals surface area contributed by atoms with E-state index in [0.717, 1.165) is 12.8 Å². The molecule has 0 aromatic heterocycles. The summed E-state index contributed by atoms with van der Waals surface area (Å²) in [6.07, 6.45) is 23.8. The standard InChI is InChI=1S/C21H44O/c1-3-5-7-9-11-13-15-17-19-21(22)20-18-16-14-12-10-8-6-4-2/h21-22H,3-20H2,1-2H3. The molecule has 0 aromatic rings. The topological polar surface area (TPSA) is 20.2 Å². The fourth-order valence-corrected chi connectivity index (χ4v) is 3.17. The zero-order valence-electron chi connectivity index (χ0n) is 15.8. The molecule has 134 valence electrons. The Labute approximate surface area is 141 Å². The third-order valence-corrected chi connectivity index (χ3v) is 4.78. The Morgan fingerprint density at radius 3 is 1.05 bits per heavy atom. The second kappa shape index (κ2) is 19.0. The molecule has 1 heteroatoms. The summed E-state index contributed by atoms with van der Waals surface area (Å²) in [4.78, 5) is 0.